The van der Waals surface area contributed by atoms with Crippen LogP contribution in [0.2, 0.25) is 10.0 Å². The third-order valence-corrected chi connectivity index (χ3v) is 8.79. The highest BCUT2D eigenvalue weighted by Gasteiger charge is 2.32. The summed E-state index contributed by atoms with van der Waals surface area (Å²) < 4.78 is 34.8. The molecule has 0 aromatic heterocycles. The monoisotopic (exact) mass is 655 g/mol. The molecule has 1 N–H and O–H groups in total. The fourth-order valence-corrected chi connectivity index (χ4v) is 5.91. The number of sulfonamides is 1. The van der Waals surface area contributed by atoms with E-state index in [2.05, 4.69) is 21.2 Å². The van der Waals surface area contributed by atoms with Gasteiger partial charge in [-0.25, -0.2) is 8.42 Å². The van der Waals surface area contributed by atoms with Crippen molar-refractivity contribution in [2.75, 3.05) is 24.5 Å². The number of nitrogens with one attached hydrogen (secondary N) is 1. The molecule has 0 spiro atoms. The van der Waals surface area contributed by atoms with Crippen molar-refractivity contribution >= 4 is 66.7 Å². The van der Waals surface area contributed by atoms with Gasteiger partial charge in [-0.1, -0.05) is 45.2 Å². The lowest BCUT2D eigenvalue weighted by molar-refractivity contribution is -0.139. The third-order valence-electron chi connectivity index (χ3n) is 5.89. The van der Waals surface area contributed by atoms with Crippen molar-refractivity contribution in [3.63, 3.8) is 0 Å². The van der Waals surface area contributed by atoms with E-state index in [4.69, 9.17) is 27.9 Å². The van der Waals surface area contributed by atoms with Gasteiger partial charge >= 0.3 is 0 Å². The maximum absolute atomic E-state index is 13.8. The standard InChI is InChI=1S/C27H28BrCl2N3O5S/c1-4-38-23-11-9-22(10-12-23)33(39(36,37)24-13-6-20(28)7-14-24)17-26(34)32(18(2)27(35)31-3)16-19-5-8-21(29)15-25(19)30/h5-15,18H,4,16-17H2,1-3H3,(H,31,35). The molecule has 0 aliphatic rings. The number of amides is 2. The summed E-state index contributed by atoms with van der Waals surface area (Å²) in [7, 11) is -2.72. The van der Waals surface area contributed by atoms with Gasteiger partial charge in [0.1, 0.15) is 18.3 Å². The number of likely N-dealkylation sites (N-methyl/N-ethyl adjacent to an activating group) is 1. The first-order valence-corrected chi connectivity index (χ1v) is 14.9. The normalized spacial score (nSPS) is 11.9. The molecule has 2 amide bonds. The van der Waals surface area contributed by atoms with Crippen LogP contribution in [0.25, 0.3) is 0 Å². The number of anilines is 1. The van der Waals surface area contributed by atoms with Gasteiger partial charge in [0, 0.05) is 28.1 Å². The first kappa shape index (κ1) is 30.7. The van der Waals surface area contributed by atoms with E-state index >= 15 is 0 Å². The van der Waals surface area contributed by atoms with Gasteiger partial charge in [0.2, 0.25) is 11.8 Å². The number of hydrogen-bond donors (Lipinski definition) is 1. The van der Waals surface area contributed by atoms with Gasteiger partial charge in [0.05, 0.1) is 17.2 Å². The van der Waals surface area contributed by atoms with E-state index in [9.17, 15) is 18.0 Å². The van der Waals surface area contributed by atoms with E-state index < -0.39 is 34.4 Å². The molecular weight excluding hydrogens is 629 g/mol. The molecule has 39 heavy (non-hydrogen) atoms. The van der Waals surface area contributed by atoms with E-state index in [-0.39, 0.29) is 17.1 Å². The molecule has 3 aromatic carbocycles. The highest BCUT2D eigenvalue weighted by atomic mass is 79.9. The molecule has 208 valence electrons. The molecule has 0 aliphatic heterocycles. The fraction of sp³-hybridized carbons (Fsp3) is 0.259. The minimum Gasteiger partial charge on any atom is -0.494 e. The predicted molar refractivity (Wildman–Crippen MR) is 157 cm³/mol. The number of carbonyl (C=O) groups is 2. The lowest BCUT2D eigenvalue weighted by Crippen LogP contribution is -2.50. The zero-order valence-electron chi connectivity index (χ0n) is 21.5. The Morgan fingerprint density at radius 1 is 1.03 bits per heavy atom. The minimum absolute atomic E-state index is 0.000898. The number of ether oxygens (including phenoxy) is 1. The second kappa shape index (κ2) is 13.5. The van der Waals surface area contributed by atoms with Gasteiger partial charge in [-0.15, -0.1) is 0 Å². The number of nitrogens with zero attached hydrogens (tertiary/aromatic N) is 2. The number of carbonyl (C=O) groups excluding carboxylic acids is 2. The van der Waals surface area contributed by atoms with Crippen LogP contribution in [-0.4, -0.2) is 51.4 Å². The molecule has 8 nitrogen and oxygen atoms in total. The number of hydrogen-bond acceptors (Lipinski definition) is 5. The van der Waals surface area contributed by atoms with Crippen molar-refractivity contribution in [2.24, 2.45) is 0 Å². The molecule has 3 rings (SSSR count). The molecule has 0 aliphatic carbocycles. The highest BCUT2D eigenvalue weighted by molar-refractivity contribution is 9.10. The smallest absolute Gasteiger partial charge is 0.264 e. The van der Waals surface area contributed by atoms with Crippen LogP contribution in [0.15, 0.2) is 76.1 Å². The summed E-state index contributed by atoms with van der Waals surface area (Å²) in [4.78, 5) is 27.7. The van der Waals surface area contributed by atoms with Crippen molar-refractivity contribution in [1.29, 1.82) is 0 Å². The van der Waals surface area contributed by atoms with E-state index in [0.29, 0.717) is 32.4 Å². The van der Waals surface area contributed by atoms with Gasteiger partial charge in [-0.05, 0) is 80.1 Å². The number of benzene rings is 3. The summed E-state index contributed by atoms with van der Waals surface area (Å²) in [5.41, 5.74) is 0.806. The summed E-state index contributed by atoms with van der Waals surface area (Å²) in [6.07, 6.45) is 0. The van der Waals surface area contributed by atoms with Crippen LogP contribution in [0.1, 0.15) is 19.4 Å². The topological polar surface area (TPSA) is 96.0 Å². The van der Waals surface area contributed by atoms with Crippen molar-refractivity contribution in [3.8, 4) is 5.75 Å². The van der Waals surface area contributed by atoms with Gasteiger partial charge in [0.25, 0.3) is 10.0 Å². The van der Waals surface area contributed by atoms with E-state index in [1.165, 1.54) is 30.1 Å². The largest absolute Gasteiger partial charge is 0.494 e. The van der Waals surface area contributed by atoms with Crippen LogP contribution in [0, 0.1) is 0 Å². The predicted octanol–water partition coefficient (Wildman–Crippen LogP) is 5.51. The average molecular weight is 657 g/mol. The lowest BCUT2D eigenvalue weighted by Gasteiger charge is -2.32. The van der Waals surface area contributed by atoms with E-state index in [1.54, 1.807) is 55.5 Å². The molecule has 1 unspecified atom stereocenters. The van der Waals surface area contributed by atoms with Crippen LogP contribution >= 0.6 is 39.1 Å². The molecule has 0 fully saturated rings. The van der Waals surface area contributed by atoms with Crippen LogP contribution in [0.3, 0.4) is 0 Å². The Morgan fingerprint density at radius 2 is 1.67 bits per heavy atom. The Hall–Kier alpha value is -2.79. The van der Waals surface area contributed by atoms with Crippen LogP contribution < -0.4 is 14.4 Å². The van der Waals surface area contributed by atoms with Gasteiger partial charge < -0.3 is 15.0 Å². The number of halogens is 3. The summed E-state index contributed by atoms with van der Waals surface area (Å²) in [5, 5.41) is 3.27. The summed E-state index contributed by atoms with van der Waals surface area (Å²) in [6, 6.07) is 16.4. The molecule has 0 heterocycles. The molecular formula is C27H28BrCl2N3O5S. The molecule has 0 saturated heterocycles. The van der Waals surface area contributed by atoms with Crippen molar-refractivity contribution in [1.82, 2.24) is 10.2 Å². The molecule has 1 atom stereocenters. The number of rotatable bonds is 11. The maximum atomic E-state index is 13.8. The van der Waals surface area contributed by atoms with Crippen LogP contribution in [0.4, 0.5) is 5.69 Å². The third kappa shape index (κ3) is 7.66. The van der Waals surface area contributed by atoms with Crippen LogP contribution in [0.5, 0.6) is 5.75 Å². The van der Waals surface area contributed by atoms with Gasteiger partial charge in [0.15, 0.2) is 0 Å². The first-order valence-electron chi connectivity index (χ1n) is 11.9. The Balaban J connectivity index is 2.04. The fourth-order valence-electron chi connectivity index (χ4n) is 3.76. The summed E-state index contributed by atoms with van der Waals surface area (Å²) >= 11 is 15.7. The van der Waals surface area contributed by atoms with Gasteiger partial charge in [-0.3, -0.25) is 13.9 Å². The quantitative estimate of drug-likeness (QED) is 0.294. The lowest BCUT2D eigenvalue weighted by atomic mass is 10.1. The molecule has 3 aromatic rings. The molecule has 0 bridgehead atoms. The second-order valence-electron chi connectivity index (χ2n) is 8.44. The van der Waals surface area contributed by atoms with Crippen LogP contribution in [-0.2, 0) is 26.2 Å². The Labute approximate surface area is 247 Å². The van der Waals surface area contributed by atoms with Gasteiger partial charge in [-0.2, -0.15) is 0 Å². The SMILES string of the molecule is CCOc1ccc(N(CC(=O)N(Cc2ccc(Cl)cc2Cl)C(C)C(=O)NC)S(=O)(=O)c2ccc(Br)cc2)cc1. The first-order chi connectivity index (χ1) is 18.5. The summed E-state index contributed by atoms with van der Waals surface area (Å²) in [6.45, 7) is 3.23. The Bertz CT molecular complexity index is 1420. The zero-order chi connectivity index (χ0) is 28.7. The second-order valence-corrected chi connectivity index (χ2v) is 12.1. The van der Waals surface area contributed by atoms with E-state index in [1.807, 2.05) is 6.92 Å². The van der Waals surface area contributed by atoms with Crippen molar-refractivity contribution in [3.05, 3.63) is 86.8 Å². The Kier molecular flexibility index (Phi) is 10.7. The summed E-state index contributed by atoms with van der Waals surface area (Å²) in [5.74, 6) is -0.468. The average Bonchev–Trinajstić information content (AvgIpc) is 2.91. The van der Waals surface area contributed by atoms with E-state index in [0.717, 1.165) is 4.31 Å². The Morgan fingerprint density at radius 3 is 2.23 bits per heavy atom. The molecule has 0 radical (unpaired) electrons. The minimum atomic E-state index is -4.18. The van der Waals surface area contributed by atoms with Crippen molar-refractivity contribution in [2.45, 2.75) is 31.3 Å². The maximum Gasteiger partial charge on any atom is 0.264 e. The zero-order valence-corrected chi connectivity index (χ0v) is 25.4. The highest BCUT2D eigenvalue weighted by Crippen LogP contribution is 2.28. The molecule has 0 saturated carbocycles. The molecule has 12 heteroatoms. The van der Waals surface area contributed by atoms with Crippen molar-refractivity contribution < 1.29 is 22.7 Å².